The summed E-state index contributed by atoms with van der Waals surface area (Å²) in [6.45, 7) is 2.40. The highest BCUT2D eigenvalue weighted by atomic mass is 35.5. The molecule has 0 aliphatic carbocycles. The molecule has 1 heterocycles. The number of rotatable bonds is 3. The van der Waals surface area contributed by atoms with Gasteiger partial charge in [-0.25, -0.2) is 8.78 Å². The Kier molecular flexibility index (Phi) is 4.37. The minimum absolute atomic E-state index is 0.105. The second-order valence-corrected chi connectivity index (χ2v) is 4.65. The van der Waals surface area contributed by atoms with Crippen LogP contribution in [0.15, 0.2) is 18.2 Å². The molecule has 0 unspecified atom stereocenters. The lowest BCUT2D eigenvalue weighted by atomic mass is 10.0. The first-order valence-corrected chi connectivity index (χ1v) is 6.19. The summed E-state index contributed by atoms with van der Waals surface area (Å²) >= 11 is 5.78. The van der Waals surface area contributed by atoms with E-state index in [0.717, 1.165) is 0 Å². The van der Waals surface area contributed by atoms with E-state index < -0.39 is 12.5 Å². The van der Waals surface area contributed by atoms with Crippen molar-refractivity contribution in [3.63, 3.8) is 0 Å². The number of aromatic hydroxyl groups is 1. The molecule has 1 saturated heterocycles. The largest absolute Gasteiger partial charge is 0.506 e. The SMILES string of the molecule is Oc1c(Cl)cccc1[C@H](C(F)F)N1CCNCC1. The highest BCUT2D eigenvalue weighted by Gasteiger charge is 2.32. The summed E-state index contributed by atoms with van der Waals surface area (Å²) in [4.78, 5) is 1.67. The lowest BCUT2D eigenvalue weighted by Gasteiger charge is -2.34. The van der Waals surface area contributed by atoms with Crippen LogP contribution in [-0.4, -0.2) is 42.6 Å². The Morgan fingerprint density at radius 3 is 2.56 bits per heavy atom. The van der Waals surface area contributed by atoms with Crippen LogP contribution in [0, 0.1) is 0 Å². The van der Waals surface area contributed by atoms with Crippen molar-refractivity contribution in [2.75, 3.05) is 26.2 Å². The van der Waals surface area contributed by atoms with Gasteiger partial charge in [-0.3, -0.25) is 4.90 Å². The summed E-state index contributed by atoms with van der Waals surface area (Å²) in [7, 11) is 0. The van der Waals surface area contributed by atoms with Gasteiger partial charge in [-0.05, 0) is 6.07 Å². The quantitative estimate of drug-likeness (QED) is 0.889. The van der Waals surface area contributed by atoms with Gasteiger partial charge >= 0.3 is 0 Å². The molecular formula is C12H15ClF2N2O. The van der Waals surface area contributed by atoms with E-state index in [0.29, 0.717) is 26.2 Å². The van der Waals surface area contributed by atoms with Crippen LogP contribution in [0.5, 0.6) is 5.75 Å². The molecule has 1 atom stereocenters. The fraction of sp³-hybridized carbons (Fsp3) is 0.500. The van der Waals surface area contributed by atoms with Crippen molar-refractivity contribution in [1.82, 2.24) is 10.2 Å². The first kappa shape index (κ1) is 13.5. The third kappa shape index (κ3) is 2.74. The average Bonchev–Trinajstić information content (AvgIpc) is 2.36. The Labute approximate surface area is 109 Å². The fourth-order valence-corrected chi connectivity index (χ4v) is 2.40. The minimum atomic E-state index is -2.56. The smallest absolute Gasteiger partial charge is 0.258 e. The van der Waals surface area contributed by atoms with Crippen molar-refractivity contribution in [3.8, 4) is 5.75 Å². The lowest BCUT2D eigenvalue weighted by Crippen LogP contribution is -2.46. The summed E-state index contributed by atoms with van der Waals surface area (Å²) in [6.07, 6.45) is -2.56. The standard InChI is InChI=1S/C12H15ClF2N2O/c13-9-3-1-2-8(11(9)18)10(12(14)15)17-6-4-16-5-7-17/h1-3,10,12,16,18H,4-7H2/t10-/m1/s1. The molecule has 3 nitrogen and oxygen atoms in total. The number of halogens is 3. The maximum atomic E-state index is 13.3. The van der Waals surface area contributed by atoms with Gasteiger partial charge in [0, 0.05) is 31.7 Å². The summed E-state index contributed by atoms with van der Waals surface area (Å²) in [6, 6.07) is 3.46. The van der Waals surface area contributed by atoms with Gasteiger partial charge in [-0.2, -0.15) is 0 Å². The van der Waals surface area contributed by atoms with Crippen LogP contribution < -0.4 is 5.32 Å². The van der Waals surface area contributed by atoms with E-state index in [1.54, 1.807) is 11.0 Å². The van der Waals surface area contributed by atoms with Crippen LogP contribution in [0.2, 0.25) is 5.02 Å². The van der Waals surface area contributed by atoms with E-state index in [4.69, 9.17) is 11.6 Å². The van der Waals surface area contributed by atoms with Crippen LogP contribution in [0.1, 0.15) is 11.6 Å². The normalized spacial score (nSPS) is 19.1. The average molecular weight is 277 g/mol. The van der Waals surface area contributed by atoms with Crippen LogP contribution >= 0.6 is 11.6 Å². The van der Waals surface area contributed by atoms with Crippen molar-refractivity contribution in [1.29, 1.82) is 0 Å². The van der Waals surface area contributed by atoms with Gasteiger partial charge in [0.15, 0.2) is 0 Å². The molecule has 100 valence electrons. The number of piperazine rings is 1. The number of nitrogens with zero attached hydrogens (tertiary/aromatic N) is 1. The summed E-state index contributed by atoms with van der Waals surface area (Å²) in [5, 5.41) is 13.1. The highest BCUT2D eigenvalue weighted by molar-refractivity contribution is 6.32. The molecule has 0 aromatic heterocycles. The van der Waals surface area contributed by atoms with Gasteiger partial charge < -0.3 is 10.4 Å². The van der Waals surface area contributed by atoms with E-state index >= 15 is 0 Å². The van der Waals surface area contributed by atoms with E-state index in [2.05, 4.69) is 5.32 Å². The molecule has 1 fully saturated rings. The first-order chi connectivity index (χ1) is 8.61. The fourth-order valence-electron chi connectivity index (χ4n) is 2.22. The second kappa shape index (κ2) is 5.82. The van der Waals surface area contributed by atoms with Gasteiger partial charge in [0.2, 0.25) is 0 Å². The molecule has 0 bridgehead atoms. The molecule has 6 heteroatoms. The van der Waals surface area contributed by atoms with Gasteiger partial charge in [0.25, 0.3) is 6.43 Å². The second-order valence-electron chi connectivity index (χ2n) is 4.24. The van der Waals surface area contributed by atoms with Gasteiger partial charge in [-0.15, -0.1) is 0 Å². The number of alkyl halides is 2. The molecule has 0 spiro atoms. The third-order valence-electron chi connectivity index (χ3n) is 3.12. The van der Waals surface area contributed by atoms with E-state index in [1.165, 1.54) is 12.1 Å². The molecule has 2 rings (SSSR count). The van der Waals surface area contributed by atoms with Crippen LogP contribution in [-0.2, 0) is 0 Å². The van der Waals surface area contributed by atoms with E-state index in [-0.39, 0.29) is 16.3 Å². The number of para-hydroxylation sites is 1. The minimum Gasteiger partial charge on any atom is -0.506 e. The van der Waals surface area contributed by atoms with Gasteiger partial charge in [0.1, 0.15) is 11.8 Å². The van der Waals surface area contributed by atoms with Crippen LogP contribution in [0.3, 0.4) is 0 Å². The molecular weight excluding hydrogens is 262 g/mol. The molecule has 1 aliphatic heterocycles. The summed E-state index contributed by atoms with van der Waals surface area (Å²) in [5.74, 6) is -0.247. The van der Waals surface area contributed by atoms with Crippen LogP contribution in [0.25, 0.3) is 0 Å². The monoisotopic (exact) mass is 276 g/mol. The number of nitrogens with one attached hydrogen (secondary N) is 1. The maximum absolute atomic E-state index is 13.3. The number of hydrogen-bond acceptors (Lipinski definition) is 3. The Bertz CT molecular complexity index is 411. The zero-order valence-electron chi connectivity index (χ0n) is 9.74. The van der Waals surface area contributed by atoms with Crippen molar-refractivity contribution < 1.29 is 13.9 Å². The van der Waals surface area contributed by atoms with Crippen molar-refractivity contribution in [2.24, 2.45) is 0 Å². The van der Waals surface area contributed by atoms with E-state index in [9.17, 15) is 13.9 Å². The predicted octanol–water partition coefficient (Wildman–Crippen LogP) is 2.26. The van der Waals surface area contributed by atoms with Crippen molar-refractivity contribution in [2.45, 2.75) is 12.5 Å². The molecule has 2 N–H and O–H groups in total. The van der Waals surface area contributed by atoms with Gasteiger partial charge in [0.05, 0.1) is 5.02 Å². The highest BCUT2D eigenvalue weighted by Crippen LogP contribution is 2.37. The summed E-state index contributed by atoms with van der Waals surface area (Å²) < 4.78 is 26.5. The van der Waals surface area contributed by atoms with Crippen molar-refractivity contribution in [3.05, 3.63) is 28.8 Å². The number of phenolic OH excluding ortho intramolecular Hbond substituents is 1. The molecule has 1 aromatic carbocycles. The number of hydrogen-bond donors (Lipinski definition) is 2. The molecule has 1 aromatic rings. The molecule has 18 heavy (non-hydrogen) atoms. The van der Waals surface area contributed by atoms with E-state index in [1.807, 2.05) is 0 Å². The predicted molar refractivity (Wildman–Crippen MR) is 66.3 cm³/mol. The Balaban J connectivity index is 2.31. The number of phenols is 1. The zero-order chi connectivity index (χ0) is 13.1. The molecule has 0 saturated carbocycles. The topological polar surface area (TPSA) is 35.5 Å². The zero-order valence-corrected chi connectivity index (χ0v) is 10.5. The Morgan fingerprint density at radius 2 is 1.94 bits per heavy atom. The molecule has 0 radical (unpaired) electrons. The lowest BCUT2D eigenvalue weighted by molar-refractivity contribution is 0.0170. The molecule has 0 amide bonds. The van der Waals surface area contributed by atoms with Gasteiger partial charge in [-0.1, -0.05) is 23.7 Å². The Morgan fingerprint density at radius 1 is 1.28 bits per heavy atom. The molecule has 1 aliphatic rings. The Hall–Kier alpha value is -0.910. The maximum Gasteiger partial charge on any atom is 0.258 e. The van der Waals surface area contributed by atoms with Crippen LogP contribution in [0.4, 0.5) is 8.78 Å². The van der Waals surface area contributed by atoms with Crippen molar-refractivity contribution >= 4 is 11.6 Å². The first-order valence-electron chi connectivity index (χ1n) is 5.81. The third-order valence-corrected chi connectivity index (χ3v) is 3.43. The number of benzene rings is 1. The summed E-state index contributed by atoms with van der Waals surface area (Å²) in [5.41, 5.74) is 0.194.